The second-order valence-corrected chi connectivity index (χ2v) is 6.98. The Morgan fingerprint density at radius 3 is 2.36 bits per heavy atom. The Morgan fingerprint density at radius 2 is 1.75 bits per heavy atom. The Morgan fingerprint density at radius 1 is 1.07 bits per heavy atom. The van der Waals surface area contributed by atoms with Crippen molar-refractivity contribution in [2.24, 2.45) is 4.99 Å². The van der Waals surface area contributed by atoms with Gasteiger partial charge in [-0.1, -0.05) is 23.5 Å². The number of aryl methyl sites for hydroxylation is 1. The Bertz CT molecular complexity index is 1090. The maximum atomic E-state index is 13.0. The topological polar surface area (TPSA) is 79.1 Å². The van der Waals surface area contributed by atoms with Gasteiger partial charge in [0.1, 0.15) is 23.6 Å². The Kier molecular flexibility index (Phi) is 5.79. The average molecular weight is 400 g/mol. The van der Waals surface area contributed by atoms with Crippen molar-refractivity contribution in [1.82, 2.24) is 4.57 Å². The normalized spacial score (nSPS) is 11.5. The lowest BCUT2D eigenvalue weighted by Crippen LogP contribution is -2.22. The van der Waals surface area contributed by atoms with Crippen LogP contribution in [-0.2, 0) is 16.1 Å². The molecule has 146 valence electrons. The van der Waals surface area contributed by atoms with E-state index in [1.165, 1.54) is 32.7 Å². The molecule has 0 aliphatic rings. The molecule has 0 atom stereocenters. The predicted octanol–water partition coefficient (Wildman–Crippen LogP) is 2.94. The van der Waals surface area contributed by atoms with Crippen molar-refractivity contribution >= 4 is 33.4 Å². The Hall–Kier alpha value is -3.13. The summed E-state index contributed by atoms with van der Waals surface area (Å²) in [5.74, 6) is -0.214. The molecule has 1 amide bonds. The first-order chi connectivity index (χ1) is 13.5. The van der Waals surface area contributed by atoms with Crippen LogP contribution in [0, 0.1) is 6.92 Å². The van der Waals surface area contributed by atoms with E-state index in [1.807, 2.05) is 25.1 Å². The van der Waals surface area contributed by atoms with Crippen LogP contribution in [0.1, 0.15) is 15.9 Å². The lowest BCUT2D eigenvalue weighted by Gasteiger charge is -2.09. The highest BCUT2D eigenvalue weighted by molar-refractivity contribution is 7.16. The molecule has 0 N–H and O–H groups in total. The minimum Gasteiger partial charge on any atom is -0.496 e. The zero-order valence-corrected chi connectivity index (χ0v) is 16.8. The molecule has 8 heteroatoms. The fraction of sp³-hybridized carbons (Fsp3) is 0.250. The number of carbonyl (C=O) groups is 2. The fourth-order valence-electron chi connectivity index (χ4n) is 2.82. The van der Waals surface area contributed by atoms with Crippen molar-refractivity contribution < 1.29 is 23.8 Å². The molecular formula is C20H20N2O5S. The highest BCUT2D eigenvalue weighted by atomic mass is 32.1. The summed E-state index contributed by atoms with van der Waals surface area (Å²) in [6.07, 6.45) is 0. The number of thiazole rings is 1. The van der Waals surface area contributed by atoms with Gasteiger partial charge >= 0.3 is 5.97 Å². The summed E-state index contributed by atoms with van der Waals surface area (Å²) in [6.45, 7) is 1.93. The van der Waals surface area contributed by atoms with Crippen molar-refractivity contribution in [3.8, 4) is 11.5 Å². The molecule has 3 aromatic rings. The Labute approximate surface area is 165 Å². The molecule has 1 aromatic heterocycles. The van der Waals surface area contributed by atoms with E-state index in [2.05, 4.69) is 4.99 Å². The molecule has 3 rings (SSSR count). The van der Waals surface area contributed by atoms with Gasteiger partial charge in [-0.3, -0.25) is 9.59 Å². The van der Waals surface area contributed by atoms with Gasteiger partial charge in [0.25, 0.3) is 5.91 Å². The minimum absolute atomic E-state index is 0.0469. The average Bonchev–Trinajstić information content (AvgIpc) is 3.02. The van der Waals surface area contributed by atoms with E-state index in [9.17, 15) is 9.59 Å². The van der Waals surface area contributed by atoms with Crippen LogP contribution >= 0.6 is 11.3 Å². The van der Waals surface area contributed by atoms with Gasteiger partial charge in [-0.2, -0.15) is 4.99 Å². The molecule has 0 saturated heterocycles. The van der Waals surface area contributed by atoms with E-state index < -0.39 is 11.9 Å². The molecule has 0 radical (unpaired) electrons. The molecule has 0 bridgehead atoms. The molecule has 28 heavy (non-hydrogen) atoms. The smallest absolute Gasteiger partial charge is 0.325 e. The molecule has 2 aromatic carbocycles. The number of nitrogens with zero attached hydrogens (tertiary/aromatic N) is 2. The molecule has 7 nitrogen and oxygen atoms in total. The number of aromatic nitrogens is 1. The third-order valence-electron chi connectivity index (χ3n) is 4.19. The summed E-state index contributed by atoms with van der Waals surface area (Å²) in [7, 11) is 4.28. The Balaban J connectivity index is 2.20. The number of rotatable bonds is 5. The van der Waals surface area contributed by atoms with Crippen molar-refractivity contribution in [3.05, 3.63) is 52.3 Å². The van der Waals surface area contributed by atoms with Crippen LogP contribution in [0.5, 0.6) is 11.5 Å². The summed E-state index contributed by atoms with van der Waals surface area (Å²) < 4.78 is 18.0. The SMILES string of the molecule is COC(=O)Cn1c(=NC(=O)c2c(OC)cccc2OC)sc2cc(C)ccc21. The van der Waals surface area contributed by atoms with E-state index in [1.54, 1.807) is 22.8 Å². The predicted molar refractivity (Wildman–Crippen MR) is 106 cm³/mol. The second-order valence-electron chi connectivity index (χ2n) is 5.97. The van der Waals surface area contributed by atoms with Gasteiger partial charge in [0.2, 0.25) is 0 Å². The highest BCUT2D eigenvalue weighted by Gasteiger charge is 2.19. The zero-order valence-electron chi connectivity index (χ0n) is 16.0. The summed E-state index contributed by atoms with van der Waals surface area (Å²) in [5, 5.41) is 0. The second kappa shape index (κ2) is 8.26. The van der Waals surface area contributed by atoms with Gasteiger partial charge in [-0.15, -0.1) is 0 Å². The first-order valence-electron chi connectivity index (χ1n) is 8.45. The molecule has 0 fully saturated rings. The summed E-state index contributed by atoms with van der Waals surface area (Å²) in [5.41, 5.74) is 2.11. The molecule has 0 aliphatic carbocycles. The summed E-state index contributed by atoms with van der Waals surface area (Å²) in [6, 6.07) is 10.9. The van der Waals surface area contributed by atoms with Gasteiger partial charge in [0.15, 0.2) is 4.80 Å². The van der Waals surface area contributed by atoms with Crippen molar-refractivity contribution in [3.63, 3.8) is 0 Å². The number of carbonyl (C=O) groups excluding carboxylic acids is 2. The van der Waals surface area contributed by atoms with Gasteiger partial charge in [-0.25, -0.2) is 0 Å². The lowest BCUT2D eigenvalue weighted by molar-refractivity contribution is -0.141. The third kappa shape index (κ3) is 3.77. The molecule has 0 saturated carbocycles. The number of ether oxygens (including phenoxy) is 3. The summed E-state index contributed by atoms with van der Waals surface area (Å²) in [4.78, 5) is 29.5. The van der Waals surface area contributed by atoms with Crippen molar-refractivity contribution in [2.45, 2.75) is 13.5 Å². The fourth-order valence-corrected chi connectivity index (χ4v) is 3.94. The maximum absolute atomic E-state index is 13.0. The van der Waals surface area contributed by atoms with Crippen LogP contribution < -0.4 is 14.3 Å². The van der Waals surface area contributed by atoms with E-state index >= 15 is 0 Å². The van der Waals surface area contributed by atoms with Gasteiger partial charge < -0.3 is 18.8 Å². The quantitative estimate of drug-likeness (QED) is 0.615. The molecule has 0 unspecified atom stereocenters. The molecule has 0 spiro atoms. The number of hydrogen-bond acceptors (Lipinski definition) is 6. The molecule has 1 heterocycles. The van der Waals surface area contributed by atoms with Crippen LogP contribution in [0.15, 0.2) is 41.4 Å². The molecule has 0 aliphatic heterocycles. The van der Waals surface area contributed by atoms with Crippen LogP contribution in [-0.4, -0.2) is 37.8 Å². The maximum Gasteiger partial charge on any atom is 0.325 e. The monoisotopic (exact) mass is 400 g/mol. The van der Waals surface area contributed by atoms with Crippen LogP contribution in [0.3, 0.4) is 0 Å². The van der Waals surface area contributed by atoms with Crippen molar-refractivity contribution in [2.75, 3.05) is 21.3 Å². The third-order valence-corrected chi connectivity index (χ3v) is 5.23. The van der Waals surface area contributed by atoms with E-state index in [0.717, 1.165) is 15.8 Å². The first-order valence-corrected chi connectivity index (χ1v) is 9.27. The largest absolute Gasteiger partial charge is 0.496 e. The van der Waals surface area contributed by atoms with Gasteiger partial charge in [0.05, 0.1) is 31.5 Å². The highest BCUT2D eigenvalue weighted by Crippen LogP contribution is 2.29. The van der Waals surface area contributed by atoms with Crippen LogP contribution in [0.2, 0.25) is 0 Å². The van der Waals surface area contributed by atoms with Crippen LogP contribution in [0.25, 0.3) is 10.2 Å². The van der Waals surface area contributed by atoms with Crippen LogP contribution in [0.4, 0.5) is 0 Å². The first kappa shape index (κ1) is 19.6. The lowest BCUT2D eigenvalue weighted by atomic mass is 10.1. The number of fused-ring (bicyclic) bond motifs is 1. The standard InChI is InChI=1S/C20H20N2O5S/c1-12-8-9-13-16(10-12)28-20(22(13)11-17(23)27-4)21-19(24)18-14(25-2)6-5-7-15(18)26-3/h5-10H,11H2,1-4H3. The number of hydrogen-bond donors (Lipinski definition) is 0. The van der Waals surface area contributed by atoms with E-state index in [-0.39, 0.29) is 12.1 Å². The van der Waals surface area contributed by atoms with Gasteiger partial charge in [-0.05, 0) is 36.8 Å². The van der Waals surface area contributed by atoms with Crippen molar-refractivity contribution in [1.29, 1.82) is 0 Å². The minimum atomic E-state index is -0.517. The number of amides is 1. The number of methoxy groups -OCH3 is 3. The number of esters is 1. The van der Waals surface area contributed by atoms with E-state index in [0.29, 0.717) is 16.3 Å². The van der Waals surface area contributed by atoms with E-state index in [4.69, 9.17) is 14.2 Å². The number of benzene rings is 2. The summed E-state index contributed by atoms with van der Waals surface area (Å²) >= 11 is 1.33. The zero-order chi connectivity index (χ0) is 20.3. The van der Waals surface area contributed by atoms with Gasteiger partial charge in [0, 0.05) is 0 Å². The molecular weight excluding hydrogens is 380 g/mol.